The lowest BCUT2D eigenvalue weighted by Crippen LogP contribution is -2.46. The highest BCUT2D eigenvalue weighted by Gasteiger charge is 2.29. The lowest BCUT2D eigenvalue weighted by molar-refractivity contribution is -0.214. The van der Waals surface area contributed by atoms with Crippen LogP contribution in [-0.2, 0) is 27.6 Å². The number of nitrogens with one attached hydrogen (secondary N) is 1. The highest BCUT2D eigenvalue weighted by atomic mass is 16.7. The molecule has 0 aliphatic carbocycles. The van der Waals surface area contributed by atoms with Gasteiger partial charge in [0.1, 0.15) is 18.1 Å². The van der Waals surface area contributed by atoms with Gasteiger partial charge in [0.15, 0.2) is 0 Å². The van der Waals surface area contributed by atoms with Gasteiger partial charge in [-0.2, -0.15) is 5.06 Å². The molecule has 1 saturated heterocycles. The van der Waals surface area contributed by atoms with E-state index in [1.807, 2.05) is 24.4 Å². The predicted molar refractivity (Wildman–Crippen MR) is 157 cm³/mol. The number of nitrogens with two attached hydrogens (primary N) is 1. The van der Waals surface area contributed by atoms with Crippen molar-refractivity contribution in [1.82, 2.24) is 20.2 Å². The Bertz CT molecular complexity index is 1110. The van der Waals surface area contributed by atoms with Crippen molar-refractivity contribution in [2.45, 2.75) is 57.8 Å². The molecule has 2 unspecified atom stereocenters. The van der Waals surface area contributed by atoms with Crippen molar-refractivity contribution in [3.63, 3.8) is 0 Å². The molecular formula is C30H44N6O4. The van der Waals surface area contributed by atoms with E-state index in [0.717, 1.165) is 41.0 Å². The number of methoxy groups -OCH3 is 1. The lowest BCUT2D eigenvalue weighted by atomic mass is 10.0. The number of aliphatic imine (C=N–C) groups is 1. The second-order valence-electron chi connectivity index (χ2n) is 10.2. The van der Waals surface area contributed by atoms with Crippen LogP contribution in [0.15, 0.2) is 59.0 Å². The van der Waals surface area contributed by atoms with E-state index >= 15 is 0 Å². The van der Waals surface area contributed by atoms with Gasteiger partial charge < -0.3 is 25.5 Å². The fourth-order valence-electron chi connectivity index (χ4n) is 4.69. The Labute approximate surface area is 238 Å². The number of ether oxygens (including phenoxy) is 1. The first-order valence-corrected chi connectivity index (χ1v) is 13.9. The zero-order valence-electron chi connectivity index (χ0n) is 24.2. The smallest absolute Gasteiger partial charge is 0.239 e. The molecule has 10 nitrogen and oxygen atoms in total. The van der Waals surface area contributed by atoms with Gasteiger partial charge in [0.2, 0.25) is 5.91 Å². The number of carbonyl (C=O) groups excluding carboxylic acids is 2. The summed E-state index contributed by atoms with van der Waals surface area (Å²) >= 11 is 0. The number of allylic oxidation sites excluding steroid dienone is 1. The van der Waals surface area contributed by atoms with Crippen LogP contribution in [0, 0.1) is 0 Å². The minimum atomic E-state index is -0.473. The summed E-state index contributed by atoms with van der Waals surface area (Å²) in [5.41, 5.74) is 9.89. The number of amides is 1. The first-order valence-electron chi connectivity index (χ1n) is 13.9. The molecule has 1 amide bonds. The summed E-state index contributed by atoms with van der Waals surface area (Å²) < 4.78 is 5.22. The summed E-state index contributed by atoms with van der Waals surface area (Å²) in [5.74, 6) is 0.628. The monoisotopic (exact) mass is 552 g/mol. The largest absolute Gasteiger partial charge is 0.497 e. The van der Waals surface area contributed by atoms with Crippen LogP contribution in [0.1, 0.15) is 43.7 Å². The van der Waals surface area contributed by atoms with Gasteiger partial charge in [0.25, 0.3) is 0 Å². The van der Waals surface area contributed by atoms with Gasteiger partial charge in [-0.15, -0.1) is 0 Å². The molecule has 40 heavy (non-hydrogen) atoms. The van der Waals surface area contributed by atoms with Gasteiger partial charge in [0.05, 0.1) is 26.0 Å². The molecule has 4 rings (SSSR count). The molecule has 0 radical (unpaired) electrons. The first kappa shape index (κ1) is 31.1. The van der Waals surface area contributed by atoms with Crippen molar-refractivity contribution in [3.8, 4) is 5.75 Å². The average molecular weight is 553 g/mol. The molecule has 1 aromatic rings. The second kappa shape index (κ2) is 16.0. The molecule has 1 aromatic carbocycles. The number of hydroxylamine groups is 2. The van der Waals surface area contributed by atoms with Crippen LogP contribution in [0.2, 0.25) is 0 Å². The van der Waals surface area contributed by atoms with Crippen LogP contribution < -0.4 is 15.8 Å². The summed E-state index contributed by atoms with van der Waals surface area (Å²) in [6, 6.07) is 5.77. The Balaban J connectivity index is 0.000000222. The van der Waals surface area contributed by atoms with Gasteiger partial charge >= 0.3 is 0 Å². The van der Waals surface area contributed by atoms with Crippen molar-refractivity contribution < 1.29 is 19.2 Å². The van der Waals surface area contributed by atoms with Crippen molar-refractivity contribution in [3.05, 3.63) is 65.1 Å². The Morgan fingerprint density at radius 1 is 1.30 bits per heavy atom. The first-order chi connectivity index (χ1) is 19.4. The average Bonchev–Trinajstić information content (AvgIpc) is 3.50. The number of benzene rings is 1. The SMILES string of the molecule is CC1C=CC(N=C/C(=C\N)CN2CCCC2)=CN1C.CNC(=O)C(CCC=O)N1Cc2cc(OC)ccc2CO1. The summed E-state index contributed by atoms with van der Waals surface area (Å²) in [6.45, 7) is 6.31. The number of rotatable bonds is 10. The third kappa shape index (κ3) is 9.04. The molecule has 218 valence electrons. The lowest BCUT2D eigenvalue weighted by Gasteiger charge is -2.33. The van der Waals surface area contributed by atoms with Crippen LogP contribution in [0.25, 0.3) is 0 Å². The standard InChI is InChI=1S/C15H24N4.C15H20N2O4/c1-13-5-6-15(12-18(13)2)17-10-14(9-16)11-19-7-3-4-8-19;1-16-15(19)14(4-3-7-18)17-9-12-8-13(20-2)6-5-11(12)10-21-17/h5-6,9-10,12-13H,3-4,7-8,11,16H2,1-2H3;5-8,14H,3-4,9-10H2,1-2H3,(H,16,19)/b14-9+,17-10?;. The van der Waals surface area contributed by atoms with Crippen LogP contribution in [0.4, 0.5) is 0 Å². The number of fused-ring (bicyclic) bond motifs is 1. The minimum absolute atomic E-state index is 0.150. The number of aldehydes is 1. The maximum absolute atomic E-state index is 12.0. The minimum Gasteiger partial charge on any atom is -0.497 e. The van der Waals surface area contributed by atoms with Crippen LogP contribution in [-0.4, -0.2) is 86.2 Å². The zero-order chi connectivity index (χ0) is 28.9. The van der Waals surface area contributed by atoms with E-state index in [2.05, 4.69) is 52.4 Å². The fourth-order valence-corrected chi connectivity index (χ4v) is 4.69. The maximum Gasteiger partial charge on any atom is 0.239 e. The van der Waals surface area contributed by atoms with Crippen LogP contribution in [0.3, 0.4) is 0 Å². The van der Waals surface area contributed by atoms with E-state index in [1.165, 1.54) is 25.9 Å². The molecule has 0 aromatic heterocycles. The number of hydrogen-bond donors (Lipinski definition) is 2. The molecule has 1 fully saturated rings. The molecule has 0 bridgehead atoms. The Kier molecular flexibility index (Phi) is 12.4. The Morgan fingerprint density at radius 2 is 2.08 bits per heavy atom. The van der Waals surface area contributed by atoms with Gasteiger partial charge in [-0.3, -0.25) is 19.5 Å². The number of nitrogens with zero attached hydrogens (tertiary/aromatic N) is 4. The molecule has 0 spiro atoms. The van der Waals surface area contributed by atoms with E-state index < -0.39 is 6.04 Å². The van der Waals surface area contributed by atoms with Crippen molar-refractivity contribution >= 4 is 18.4 Å². The Morgan fingerprint density at radius 3 is 2.73 bits per heavy atom. The maximum atomic E-state index is 12.0. The van der Waals surface area contributed by atoms with E-state index in [-0.39, 0.29) is 5.91 Å². The van der Waals surface area contributed by atoms with Crippen molar-refractivity contribution in [2.24, 2.45) is 10.7 Å². The number of likely N-dealkylation sites (tertiary alicyclic amines) is 1. The quantitative estimate of drug-likeness (QED) is 0.337. The molecule has 3 N–H and O–H groups in total. The molecule has 3 heterocycles. The highest BCUT2D eigenvalue weighted by Crippen LogP contribution is 2.26. The third-order valence-corrected chi connectivity index (χ3v) is 7.30. The van der Waals surface area contributed by atoms with E-state index in [9.17, 15) is 9.59 Å². The molecule has 2 atom stereocenters. The second-order valence-corrected chi connectivity index (χ2v) is 10.2. The summed E-state index contributed by atoms with van der Waals surface area (Å²) in [7, 11) is 5.26. The van der Waals surface area contributed by atoms with Gasteiger partial charge in [-0.25, -0.2) is 0 Å². The summed E-state index contributed by atoms with van der Waals surface area (Å²) in [5, 5.41) is 4.26. The normalized spacial score (nSPS) is 20.4. The van der Waals surface area contributed by atoms with E-state index in [0.29, 0.717) is 32.0 Å². The van der Waals surface area contributed by atoms with E-state index in [1.54, 1.807) is 25.4 Å². The molecular weight excluding hydrogens is 508 g/mol. The fraction of sp³-hybridized carbons (Fsp3) is 0.500. The molecule has 10 heteroatoms. The van der Waals surface area contributed by atoms with Crippen molar-refractivity contribution in [2.75, 3.05) is 40.8 Å². The number of carbonyl (C=O) groups is 2. The topological polar surface area (TPSA) is 113 Å². The van der Waals surface area contributed by atoms with Gasteiger partial charge in [-0.1, -0.05) is 12.1 Å². The van der Waals surface area contributed by atoms with Gasteiger partial charge in [-0.05, 0) is 80.4 Å². The Hall–Kier alpha value is -3.47. The van der Waals surface area contributed by atoms with Crippen LogP contribution in [0.5, 0.6) is 5.75 Å². The van der Waals surface area contributed by atoms with Crippen molar-refractivity contribution in [1.29, 1.82) is 0 Å². The predicted octanol–water partition coefficient (Wildman–Crippen LogP) is 2.76. The highest BCUT2D eigenvalue weighted by molar-refractivity contribution is 5.81. The molecule has 0 saturated carbocycles. The molecule has 3 aliphatic heterocycles. The molecule has 3 aliphatic rings. The number of likely N-dealkylation sites (N-methyl/N-ethyl adjacent to an activating group) is 2. The van der Waals surface area contributed by atoms with Gasteiger partial charge in [0, 0.05) is 45.5 Å². The summed E-state index contributed by atoms with van der Waals surface area (Å²) in [6.07, 6.45) is 14.0. The van der Waals surface area contributed by atoms with E-state index in [4.69, 9.17) is 15.3 Å². The summed E-state index contributed by atoms with van der Waals surface area (Å²) in [4.78, 5) is 37.3. The third-order valence-electron chi connectivity index (χ3n) is 7.30. The van der Waals surface area contributed by atoms with Crippen LogP contribution >= 0.6 is 0 Å². The zero-order valence-corrected chi connectivity index (χ0v) is 24.2. The number of hydrogen-bond acceptors (Lipinski definition) is 9.